The van der Waals surface area contributed by atoms with Crippen LogP contribution < -0.4 is 4.90 Å². The Morgan fingerprint density at radius 1 is 0.421 bits per heavy atom. The van der Waals surface area contributed by atoms with E-state index in [-0.39, 0.29) is 0 Å². The molecule has 0 fully saturated rings. The van der Waals surface area contributed by atoms with Crippen LogP contribution >= 0.6 is 11.3 Å². The summed E-state index contributed by atoms with van der Waals surface area (Å²) in [6.45, 7) is 0. The highest BCUT2D eigenvalue weighted by Gasteiger charge is 2.21. The summed E-state index contributed by atoms with van der Waals surface area (Å²) in [6.07, 6.45) is 0. The van der Waals surface area contributed by atoms with Gasteiger partial charge in [-0.3, -0.25) is 0 Å². The number of hydrogen-bond acceptors (Lipinski definition) is 5. The predicted molar refractivity (Wildman–Crippen MR) is 239 cm³/mol. The average molecular weight is 748 g/mol. The number of para-hydroxylation sites is 2. The van der Waals surface area contributed by atoms with Gasteiger partial charge >= 0.3 is 0 Å². The van der Waals surface area contributed by atoms with Crippen molar-refractivity contribution in [2.24, 2.45) is 0 Å². The Morgan fingerprint density at radius 3 is 1.67 bits per heavy atom. The van der Waals surface area contributed by atoms with Crippen LogP contribution in [0.5, 0.6) is 0 Å². The third kappa shape index (κ3) is 5.84. The minimum absolute atomic E-state index is 0.675. The molecule has 11 aromatic rings. The summed E-state index contributed by atoms with van der Waals surface area (Å²) in [5, 5.41) is 3.19. The van der Waals surface area contributed by atoms with Crippen molar-refractivity contribution in [2.45, 2.75) is 0 Å². The summed E-state index contributed by atoms with van der Waals surface area (Å²) >= 11 is 1.75. The van der Waals surface area contributed by atoms with E-state index in [0.29, 0.717) is 5.82 Å². The fraction of sp³-hybridized carbons (Fsp3) is 0. The summed E-state index contributed by atoms with van der Waals surface area (Å²) in [7, 11) is 0. The van der Waals surface area contributed by atoms with E-state index >= 15 is 0 Å². The maximum atomic E-state index is 6.59. The van der Waals surface area contributed by atoms with Gasteiger partial charge in [0.2, 0.25) is 0 Å². The van der Waals surface area contributed by atoms with E-state index in [0.717, 1.165) is 82.6 Å². The van der Waals surface area contributed by atoms with Crippen LogP contribution in [0.25, 0.3) is 87.1 Å². The zero-order chi connectivity index (χ0) is 37.7. The van der Waals surface area contributed by atoms with Crippen LogP contribution in [0.3, 0.4) is 0 Å². The summed E-state index contributed by atoms with van der Waals surface area (Å²) in [5.74, 6) is 0.675. The minimum Gasteiger partial charge on any atom is -0.456 e. The van der Waals surface area contributed by atoms with Crippen LogP contribution in [0, 0.1) is 0 Å². The first-order chi connectivity index (χ1) is 28.2. The van der Waals surface area contributed by atoms with Gasteiger partial charge < -0.3 is 9.32 Å². The van der Waals surface area contributed by atoms with Crippen molar-refractivity contribution in [3.63, 3.8) is 0 Å². The number of hydrogen-bond donors (Lipinski definition) is 0. The zero-order valence-corrected chi connectivity index (χ0v) is 31.5. The Labute approximate surface area is 333 Å². The molecule has 3 aromatic heterocycles. The first-order valence-corrected chi connectivity index (χ1v) is 19.9. The van der Waals surface area contributed by atoms with Crippen LogP contribution in [-0.2, 0) is 0 Å². The molecule has 0 bridgehead atoms. The van der Waals surface area contributed by atoms with Crippen molar-refractivity contribution < 1.29 is 4.42 Å². The molecule has 8 aromatic carbocycles. The van der Waals surface area contributed by atoms with Gasteiger partial charge in [-0.05, 0) is 82.9 Å². The molecule has 0 N–H and O–H groups in total. The van der Waals surface area contributed by atoms with Crippen molar-refractivity contribution >= 4 is 70.6 Å². The van der Waals surface area contributed by atoms with Gasteiger partial charge in [-0.2, -0.15) is 0 Å². The SMILES string of the molecule is c1ccc(-c2ccc(N(c3ccccc3)c3ccc(-c4cc(-c5nc(-c6ccccc6)c6sc7ccccc7c6n5)c5c(c4)oc4ccccc45)cc3)cc2)cc1. The van der Waals surface area contributed by atoms with Crippen LogP contribution in [0.1, 0.15) is 0 Å². The summed E-state index contributed by atoms with van der Waals surface area (Å²) in [6, 6.07) is 70.2. The van der Waals surface area contributed by atoms with Crippen LogP contribution in [0.4, 0.5) is 17.1 Å². The second-order valence-electron chi connectivity index (χ2n) is 14.2. The van der Waals surface area contributed by atoms with Crippen molar-refractivity contribution in [3.05, 3.63) is 200 Å². The molecule has 0 saturated heterocycles. The quantitative estimate of drug-likeness (QED) is 0.163. The van der Waals surface area contributed by atoms with Gasteiger partial charge in [-0.1, -0.05) is 140 Å². The van der Waals surface area contributed by atoms with E-state index in [1.807, 2.05) is 18.2 Å². The third-order valence-corrected chi connectivity index (χ3v) is 11.9. The molecule has 0 radical (unpaired) electrons. The highest BCUT2D eigenvalue weighted by molar-refractivity contribution is 7.26. The summed E-state index contributed by atoms with van der Waals surface area (Å²) in [4.78, 5) is 13.1. The normalized spacial score (nSPS) is 11.5. The van der Waals surface area contributed by atoms with Crippen molar-refractivity contribution in [1.82, 2.24) is 9.97 Å². The second-order valence-corrected chi connectivity index (χ2v) is 15.2. The third-order valence-electron chi connectivity index (χ3n) is 10.7. The second kappa shape index (κ2) is 13.7. The van der Waals surface area contributed by atoms with Crippen molar-refractivity contribution in [3.8, 4) is 44.9 Å². The smallest absolute Gasteiger partial charge is 0.161 e. The van der Waals surface area contributed by atoms with E-state index in [9.17, 15) is 0 Å². The van der Waals surface area contributed by atoms with E-state index in [4.69, 9.17) is 14.4 Å². The molecule has 5 heteroatoms. The van der Waals surface area contributed by atoms with Crippen molar-refractivity contribution in [2.75, 3.05) is 4.90 Å². The largest absolute Gasteiger partial charge is 0.456 e. The number of fused-ring (bicyclic) bond motifs is 6. The number of benzene rings is 8. The van der Waals surface area contributed by atoms with Crippen LogP contribution in [0.15, 0.2) is 205 Å². The van der Waals surface area contributed by atoms with Gasteiger partial charge in [0.05, 0.1) is 15.9 Å². The van der Waals surface area contributed by atoms with Crippen molar-refractivity contribution in [1.29, 1.82) is 0 Å². The Hall–Kier alpha value is -7.34. The molecule has 268 valence electrons. The standard InChI is InChI=1S/C52H33N3OS/c1-4-14-34(15-5-1)35-24-28-40(29-25-35)55(39-18-8-3-9-19-39)41-30-26-36(27-31-41)38-32-44(48-42-20-10-12-22-45(42)56-46(48)33-38)52-53-49(37-16-6-2-7-17-37)51-50(54-52)43-21-11-13-23-47(43)57-51/h1-33H. The molecule has 0 amide bonds. The lowest BCUT2D eigenvalue weighted by Crippen LogP contribution is -2.09. The lowest BCUT2D eigenvalue weighted by atomic mass is 9.97. The monoisotopic (exact) mass is 747 g/mol. The van der Waals surface area contributed by atoms with E-state index in [2.05, 4.69) is 187 Å². The fourth-order valence-electron chi connectivity index (χ4n) is 7.96. The van der Waals surface area contributed by atoms with Gasteiger partial charge in [-0.25, -0.2) is 9.97 Å². The highest BCUT2D eigenvalue weighted by Crippen LogP contribution is 2.44. The molecule has 0 aliphatic heterocycles. The van der Waals surface area contributed by atoms with Gasteiger partial charge in [0.25, 0.3) is 0 Å². The summed E-state index contributed by atoms with van der Waals surface area (Å²) in [5.41, 5.74) is 13.3. The number of thiophene rings is 1. The number of aromatic nitrogens is 2. The van der Waals surface area contributed by atoms with Gasteiger partial charge in [0.15, 0.2) is 5.82 Å². The molecule has 3 heterocycles. The highest BCUT2D eigenvalue weighted by atomic mass is 32.1. The van der Waals surface area contributed by atoms with Gasteiger partial charge in [-0.15, -0.1) is 11.3 Å². The maximum Gasteiger partial charge on any atom is 0.161 e. The molecule has 11 rings (SSSR count). The topological polar surface area (TPSA) is 42.2 Å². The summed E-state index contributed by atoms with van der Waals surface area (Å²) < 4.78 is 8.87. The molecule has 0 spiro atoms. The Morgan fingerprint density at radius 2 is 0.965 bits per heavy atom. The number of nitrogens with zero attached hydrogens (tertiary/aromatic N) is 3. The van der Waals surface area contributed by atoms with Gasteiger partial charge in [0.1, 0.15) is 11.2 Å². The molecule has 0 atom stereocenters. The fourth-order valence-corrected chi connectivity index (χ4v) is 9.11. The van der Waals surface area contributed by atoms with E-state index in [1.54, 1.807) is 11.3 Å². The Bertz CT molecular complexity index is 3210. The average Bonchev–Trinajstić information content (AvgIpc) is 3.86. The minimum atomic E-state index is 0.675. The lowest BCUT2D eigenvalue weighted by molar-refractivity contribution is 0.669. The number of rotatable bonds is 7. The van der Waals surface area contributed by atoms with Gasteiger partial charge in [0, 0.05) is 49.0 Å². The first-order valence-electron chi connectivity index (χ1n) is 19.1. The molecular weight excluding hydrogens is 715 g/mol. The Kier molecular flexibility index (Phi) is 7.97. The molecule has 0 saturated carbocycles. The first kappa shape index (κ1) is 33.0. The maximum absolute atomic E-state index is 6.59. The molecule has 4 nitrogen and oxygen atoms in total. The van der Waals surface area contributed by atoms with E-state index in [1.165, 1.54) is 15.8 Å². The molecule has 0 aliphatic carbocycles. The number of furan rings is 1. The lowest BCUT2D eigenvalue weighted by Gasteiger charge is -2.26. The number of anilines is 3. The predicted octanol–water partition coefficient (Wildman–Crippen LogP) is 14.9. The molecule has 0 unspecified atom stereocenters. The van der Waals surface area contributed by atoms with Crippen LogP contribution in [-0.4, -0.2) is 9.97 Å². The van der Waals surface area contributed by atoms with Crippen LogP contribution in [0.2, 0.25) is 0 Å². The molecule has 57 heavy (non-hydrogen) atoms. The van der Waals surface area contributed by atoms with E-state index < -0.39 is 0 Å². The molecular formula is C52H33N3OS. The molecule has 0 aliphatic rings. The Balaban J connectivity index is 1.07. The zero-order valence-electron chi connectivity index (χ0n) is 30.7.